The number of nitrogens with zero attached hydrogens (tertiary/aromatic N) is 3. The van der Waals surface area contributed by atoms with E-state index in [0.717, 1.165) is 43.5 Å². The maximum Gasteiger partial charge on any atom is 0.416 e. The highest BCUT2D eigenvalue weighted by Gasteiger charge is 2.32. The molecule has 7 nitrogen and oxygen atoms in total. The van der Waals surface area contributed by atoms with Crippen LogP contribution >= 0.6 is 0 Å². The van der Waals surface area contributed by atoms with E-state index < -0.39 is 17.6 Å². The third-order valence-corrected chi connectivity index (χ3v) is 6.75. The van der Waals surface area contributed by atoms with Gasteiger partial charge < -0.3 is 14.8 Å². The number of hydrogen-bond donors (Lipinski definition) is 1. The van der Waals surface area contributed by atoms with Gasteiger partial charge in [-0.25, -0.2) is 0 Å². The van der Waals surface area contributed by atoms with Crippen LogP contribution in [0.5, 0.6) is 0 Å². The molecule has 0 aliphatic carbocycles. The van der Waals surface area contributed by atoms with Crippen LogP contribution in [0.1, 0.15) is 68.1 Å². The van der Waals surface area contributed by atoms with Crippen molar-refractivity contribution in [2.75, 3.05) is 25.1 Å². The van der Waals surface area contributed by atoms with Gasteiger partial charge in [0.15, 0.2) is 5.49 Å². The third kappa shape index (κ3) is 6.03. The molecule has 1 aromatic carbocycles. The summed E-state index contributed by atoms with van der Waals surface area (Å²) in [4.78, 5) is 17.7. The fourth-order valence-corrected chi connectivity index (χ4v) is 4.81. The molecule has 36 heavy (non-hydrogen) atoms. The van der Waals surface area contributed by atoms with Crippen LogP contribution in [-0.4, -0.2) is 47.2 Å². The van der Waals surface area contributed by atoms with E-state index in [1.807, 2.05) is 22.5 Å². The van der Waals surface area contributed by atoms with E-state index >= 15 is 0 Å². The molecule has 2 fully saturated rings. The second-order valence-corrected chi connectivity index (χ2v) is 10.6. The number of aromatic nitrogens is 2. The van der Waals surface area contributed by atoms with E-state index in [9.17, 15) is 18.0 Å². The topological polar surface area (TPSA) is 69.8 Å². The Kier molecular flexibility index (Phi) is 7.66. The van der Waals surface area contributed by atoms with Gasteiger partial charge in [0.1, 0.15) is 0 Å². The number of amides is 1. The van der Waals surface area contributed by atoms with Gasteiger partial charge in [-0.05, 0) is 43.9 Å². The molecule has 1 amide bonds. The van der Waals surface area contributed by atoms with E-state index in [4.69, 9.17) is 9.47 Å². The lowest BCUT2D eigenvalue weighted by Gasteiger charge is -2.21. The number of anilines is 1. The molecule has 0 saturated carbocycles. The summed E-state index contributed by atoms with van der Waals surface area (Å²) in [7, 11) is 1.90. The predicted molar refractivity (Wildman–Crippen MR) is 130 cm³/mol. The van der Waals surface area contributed by atoms with Crippen molar-refractivity contribution >= 4 is 11.6 Å². The van der Waals surface area contributed by atoms with E-state index in [-0.39, 0.29) is 23.2 Å². The minimum atomic E-state index is -4.58. The van der Waals surface area contributed by atoms with Crippen LogP contribution in [0.4, 0.5) is 18.9 Å². The van der Waals surface area contributed by atoms with Crippen molar-refractivity contribution in [3.63, 3.8) is 0 Å². The smallest absolute Gasteiger partial charge is 0.382 e. The molecule has 0 bridgehead atoms. The Balaban J connectivity index is 1.74. The Morgan fingerprint density at radius 1 is 1.08 bits per heavy atom. The van der Waals surface area contributed by atoms with Gasteiger partial charge in [0.25, 0.3) is 5.91 Å². The summed E-state index contributed by atoms with van der Waals surface area (Å²) in [6, 6.07) is 4.99. The fourth-order valence-electron chi connectivity index (χ4n) is 4.81. The van der Waals surface area contributed by atoms with Crippen LogP contribution in [0.15, 0.2) is 29.3 Å². The lowest BCUT2D eigenvalue weighted by molar-refractivity contribution is -0.137. The summed E-state index contributed by atoms with van der Waals surface area (Å²) < 4.78 is 55.7. The lowest BCUT2D eigenvalue weighted by atomic mass is 9.92. The molecule has 0 radical (unpaired) electrons. The number of nitrogens with one attached hydrogen (secondary N) is 1. The Morgan fingerprint density at radius 2 is 1.75 bits per heavy atom. The molecule has 2 aromatic rings. The molecule has 4 rings (SSSR count). The number of rotatable bonds is 6. The average molecular weight is 509 g/mol. The molecule has 0 spiro atoms. The molecule has 1 aromatic heterocycles. The molecule has 2 aliphatic heterocycles. The Bertz CT molecular complexity index is 1150. The number of carbonyl (C=O) groups excluding carboxylic acids is 1. The normalized spacial score (nSPS) is 21.4. The standard InChI is InChI=1S/C26H35F3N4O3/c1-25(2,3)22-14-23(33(32(22)4)16-19-8-6-12-36-19)31-24(34)20-13-17(26(27,28)29)9-10-21(20)30-15-18-7-5-11-35-18/h9-10,13-14,18-19,30H,5-8,11-12,15-16H2,1-4H3/t18-,19+/m0/s1. The zero-order chi connectivity index (χ0) is 26.1. The number of carbonyl (C=O) groups is 1. The van der Waals surface area contributed by atoms with Crippen molar-refractivity contribution in [1.82, 2.24) is 9.36 Å². The van der Waals surface area contributed by atoms with E-state index in [2.05, 4.69) is 31.1 Å². The maximum atomic E-state index is 13.5. The zero-order valence-electron chi connectivity index (χ0n) is 21.3. The Morgan fingerprint density at radius 3 is 2.33 bits per heavy atom. The quantitative estimate of drug-likeness (QED) is 0.617. The highest BCUT2D eigenvalue weighted by molar-refractivity contribution is 6.00. The van der Waals surface area contributed by atoms with Gasteiger partial charge in [0, 0.05) is 49.7 Å². The molecule has 0 unspecified atom stereocenters. The van der Waals surface area contributed by atoms with Gasteiger partial charge in [-0.3, -0.25) is 14.2 Å². The minimum Gasteiger partial charge on any atom is -0.382 e. The van der Waals surface area contributed by atoms with Crippen LogP contribution in [0.25, 0.3) is 0 Å². The summed E-state index contributed by atoms with van der Waals surface area (Å²) in [5, 5.41) is 3.11. The van der Waals surface area contributed by atoms with Crippen LogP contribution < -0.4 is 10.8 Å². The molecule has 10 heteroatoms. The third-order valence-electron chi connectivity index (χ3n) is 6.75. The largest absolute Gasteiger partial charge is 0.416 e. The summed E-state index contributed by atoms with van der Waals surface area (Å²) in [5.74, 6) is -0.733. The van der Waals surface area contributed by atoms with Gasteiger partial charge in [-0.15, -0.1) is 0 Å². The highest BCUT2D eigenvalue weighted by Crippen LogP contribution is 2.32. The molecular weight excluding hydrogens is 473 g/mol. The van der Waals surface area contributed by atoms with E-state index in [1.165, 1.54) is 6.07 Å². The van der Waals surface area contributed by atoms with Gasteiger partial charge >= 0.3 is 6.18 Å². The highest BCUT2D eigenvalue weighted by atomic mass is 19.4. The van der Waals surface area contributed by atoms with Crippen LogP contribution in [0.3, 0.4) is 0 Å². The van der Waals surface area contributed by atoms with Gasteiger partial charge in [0.05, 0.1) is 29.9 Å². The van der Waals surface area contributed by atoms with Crippen molar-refractivity contribution in [3.8, 4) is 0 Å². The molecular formula is C26H35F3N4O3. The molecule has 2 aliphatic rings. The number of ether oxygens (including phenoxy) is 2. The summed E-state index contributed by atoms with van der Waals surface area (Å²) in [6.07, 6.45) is -0.937. The first-order valence-electron chi connectivity index (χ1n) is 12.5. The van der Waals surface area contributed by atoms with Crippen molar-refractivity contribution in [3.05, 3.63) is 46.6 Å². The maximum absolute atomic E-state index is 13.5. The van der Waals surface area contributed by atoms with Crippen molar-refractivity contribution < 1.29 is 27.4 Å². The average Bonchev–Trinajstić information content (AvgIpc) is 3.55. The number of halogens is 3. The summed E-state index contributed by atoms with van der Waals surface area (Å²) in [5.41, 5.74) is 0.420. The van der Waals surface area contributed by atoms with E-state index in [0.29, 0.717) is 37.5 Å². The lowest BCUT2D eigenvalue weighted by Crippen LogP contribution is -2.30. The van der Waals surface area contributed by atoms with Crippen LogP contribution in [0.2, 0.25) is 0 Å². The van der Waals surface area contributed by atoms with Crippen molar-refractivity contribution in [2.24, 2.45) is 12.0 Å². The number of benzene rings is 1. The zero-order valence-corrected chi connectivity index (χ0v) is 21.3. The van der Waals surface area contributed by atoms with Crippen LogP contribution in [0, 0.1) is 0 Å². The van der Waals surface area contributed by atoms with Crippen LogP contribution in [-0.2, 0) is 34.7 Å². The summed E-state index contributed by atoms with van der Waals surface area (Å²) >= 11 is 0. The Hall–Kier alpha value is -2.59. The SMILES string of the molecule is Cn1c(C(C)(C)C)cc(=NC(=O)c2cc(C(F)(F)F)ccc2NC[C@@H]2CCCO2)n1C[C@H]1CCCO1. The first-order valence-corrected chi connectivity index (χ1v) is 12.5. The first kappa shape index (κ1) is 26.5. The molecule has 2 atom stereocenters. The molecule has 1 N–H and O–H groups in total. The second kappa shape index (κ2) is 10.4. The number of alkyl halides is 3. The van der Waals surface area contributed by atoms with Gasteiger partial charge in [0.2, 0.25) is 0 Å². The van der Waals surface area contributed by atoms with Gasteiger partial charge in [-0.1, -0.05) is 20.8 Å². The molecule has 2 saturated heterocycles. The number of hydrogen-bond acceptors (Lipinski definition) is 4. The monoisotopic (exact) mass is 508 g/mol. The van der Waals surface area contributed by atoms with Crippen molar-refractivity contribution in [1.29, 1.82) is 0 Å². The molecule has 3 heterocycles. The predicted octanol–water partition coefficient (Wildman–Crippen LogP) is 4.65. The second-order valence-electron chi connectivity index (χ2n) is 10.6. The fraction of sp³-hybridized carbons (Fsp3) is 0.615. The molecule has 198 valence electrons. The Labute approximate surface area is 209 Å². The first-order chi connectivity index (χ1) is 16.9. The summed E-state index contributed by atoms with van der Waals surface area (Å²) in [6.45, 7) is 8.45. The minimum absolute atomic E-state index is 0.00216. The van der Waals surface area contributed by atoms with Crippen molar-refractivity contribution in [2.45, 2.75) is 76.8 Å². The van der Waals surface area contributed by atoms with Gasteiger partial charge in [-0.2, -0.15) is 18.2 Å². The van der Waals surface area contributed by atoms with E-state index in [1.54, 1.807) is 0 Å².